The first-order chi connectivity index (χ1) is 13.3. The number of methoxy groups -OCH3 is 1. The minimum absolute atomic E-state index is 0.218. The molecule has 0 saturated heterocycles. The van der Waals surface area contributed by atoms with Crippen LogP contribution < -0.4 is 10.6 Å². The van der Waals surface area contributed by atoms with E-state index >= 15 is 0 Å². The van der Waals surface area contributed by atoms with Gasteiger partial charge in [-0.2, -0.15) is 0 Å². The van der Waals surface area contributed by atoms with E-state index in [-0.39, 0.29) is 19.1 Å². The number of urea groups is 1. The molecule has 2 aromatic rings. The first kappa shape index (κ1) is 21.5. The number of nitrogens with one attached hydrogen (secondary N) is 2. The Balaban J connectivity index is 1.93. The third kappa shape index (κ3) is 5.87. The highest BCUT2D eigenvalue weighted by molar-refractivity contribution is 6.42. The number of carbonyl (C=O) groups excluding carboxylic acids is 3. The van der Waals surface area contributed by atoms with Gasteiger partial charge in [-0.05, 0) is 35.9 Å². The zero-order valence-electron chi connectivity index (χ0n) is 15.3. The minimum Gasteiger partial charge on any atom is -0.468 e. The predicted octanol–water partition coefficient (Wildman–Crippen LogP) is 3.56. The Morgan fingerprint density at radius 2 is 1.75 bits per heavy atom. The van der Waals surface area contributed by atoms with Crippen molar-refractivity contribution in [2.75, 3.05) is 26.0 Å². The number of rotatable bonds is 6. The Morgan fingerprint density at radius 3 is 2.39 bits per heavy atom. The summed E-state index contributed by atoms with van der Waals surface area (Å²) in [6.45, 7) is 0.0594. The van der Waals surface area contributed by atoms with E-state index in [1.54, 1.807) is 37.4 Å². The Bertz CT molecular complexity index is 872. The molecule has 0 heterocycles. The quantitative estimate of drug-likeness (QED) is 0.695. The van der Waals surface area contributed by atoms with Crippen LogP contribution in [0.5, 0.6) is 0 Å². The summed E-state index contributed by atoms with van der Waals surface area (Å²) in [4.78, 5) is 36.8. The third-order valence-corrected chi connectivity index (χ3v) is 4.66. The van der Waals surface area contributed by atoms with Gasteiger partial charge in [-0.15, -0.1) is 0 Å². The molecule has 28 heavy (non-hydrogen) atoms. The molecule has 7 nitrogen and oxygen atoms in total. The number of hydrogen-bond acceptors (Lipinski definition) is 4. The molecule has 0 aromatic heterocycles. The molecule has 0 spiro atoms. The lowest BCUT2D eigenvalue weighted by atomic mass is 10.2. The van der Waals surface area contributed by atoms with Crippen LogP contribution in [0.15, 0.2) is 42.5 Å². The second-order valence-corrected chi connectivity index (χ2v) is 6.62. The molecule has 0 unspecified atom stereocenters. The summed E-state index contributed by atoms with van der Waals surface area (Å²) in [6, 6.07) is 11.1. The van der Waals surface area contributed by atoms with Gasteiger partial charge in [0.25, 0.3) is 5.91 Å². The van der Waals surface area contributed by atoms with E-state index in [4.69, 9.17) is 23.2 Å². The molecule has 0 saturated carbocycles. The fraction of sp³-hybridized carbons (Fsp3) is 0.211. The van der Waals surface area contributed by atoms with Crippen LogP contribution in [0.4, 0.5) is 10.5 Å². The maximum absolute atomic E-state index is 12.4. The molecule has 0 bridgehead atoms. The lowest BCUT2D eigenvalue weighted by Crippen LogP contribution is -2.31. The van der Waals surface area contributed by atoms with E-state index in [1.165, 1.54) is 24.1 Å². The maximum Gasteiger partial charge on any atom is 0.325 e. The SMILES string of the molecule is COC(=O)CNC(=O)c1ccc(NC(=O)N(C)Cc2cccc(Cl)c2Cl)cc1. The van der Waals surface area contributed by atoms with Crippen molar-refractivity contribution in [2.45, 2.75) is 6.54 Å². The lowest BCUT2D eigenvalue weighted by Gasteiger charge is -2.19. The standard InChI is InChI=1S/C19H19Cl2N3O4/c1-24(11-13-4-3-5-15(20)17(13)21)19(27)23-14-8-6-12(7-9-14)18(26)22-10-16(25)28-2/h3-9H,10-11H2,1-2H3,(H,22,26)(H,23,27). The van der Waals surface area contributed by atoms with Crippen LogP contribution in [0.1, 0.15) is 15.9 Å². The van der Waals surface area contributed by atoms with Crippen LogP contribution in [0.25, 0.3) is 0 Å². The molecule has 0 aliphatic heterocycles. The van der Waals surface area contributed by atoms with Crippen LogP contribution in [-0.2, 0) is 16.1 Å². The second kappa shape index (κ2) is 9.96. The Labute approximate surface area is 172 Å². The highest BCUT2D eigenvalue weighted by Crippen LogP contribution is 2.26. The first-order valence-corrected chi connectivity index (χ1v) is 8.97. The Kier molecular flexibility index (Phi) is 7.66. The fourth-order valence-electron chi connectivity index (χ4n) is 2.25. The van der Waals surface area contributed by atoms with Gasteiger partial charge in [-0.25, -0.2) is 4.79 Å². The van der Waals surface area contributed by atoms with E-state index in [9.17, 15) is 14.4 Å². The van der Waals surface area contributed by atoms with E-state index in [2.05, 4.69) is 15.4 Å². The summed E-state index contributed by atoms with van der Waals surface area (Å²) < 4.78 is 4.46. The summed E-state index contributed by atoms with van der Waals surface area (Å²) >= 11 is 12.1. The van der Waals surface area contributed by atoms with E-state index in [0.717, 1.165) is 5.56 Å². The van der Waals surface area contributed by atoms with Crippen LogP contribution >= 0.6 is 23.2 Å². The van der Waals surface area contributed by atoms with Gasteiger partial charge in [0.2, 0.25) is 0 Å². The molecule has 0 atom stereocenters. The third-order valence-electron chi connectivity index (χ3n) is 3.81. The van der Waals surface area contributed by atoms with Gasteiger partial charge >= 0.3 is 12.0 Å². The number of halogens is 2. The number of nitrogens with zero attached hydrogens (tertiary/aromatic N) is 1. The van der Waals surface area contributed by atoms with Crippen molar-refractivity contribution in [3.63, 3.8) is 0 Å². The molecule has 0 radical (unpaired) electrons. The van der Waals surface area contributed by atoms with E-state index in [0.29, 0.717) is 21.3 Å². The number of amides is 3. The molecule has 2 aromatic carbocycles. The van der Waals surface area contributed by atoms with Gasteiger partial charge in [-0.1, -0.05) is 35.3 Å². The molecule has 2 N–H and O–H groups in total. The van der Waals surface area contributed by atoms with Gasteiger partial charge in [0.15, 0.2) is 0 Å². The lowest BCUT2D eigenvalue weighted by molar-refractivity contribution is -0.139. The van der Waals surface area contributed by atoms with Crippen LogP contribution in [0, 0.1) is 0 Å². The van der Waals surface area contributed by atoms with Crippen molar-refractivity contribution in [3.8, 4) is 0 Å². The molecule has 2 rings (SSSR count). The number of anilines is 1. The normalized spacial score (nSPS) is 10.1. The van der Waals surface area contributed by atoms with Gasteiger partial charge < -0.3 is 20.3 Å². The summed E-state index contributed by atoms with van der Waals surface area (Å²) in [7, 11) is 2.87. The van der Waals surface area contributed by atoms with Crippen LogP contribution in [0.2, 0.25) is 10.0 Å². The van der Waals surface area contributed by atoms with Crippen molar-refractivity contribution in [1.82, 2.24) is 10.2 Å². The number of carbonyl (C=O) groups is 3. The smallest absolute Gasteiger partial charge is 0.325 e. The van der Waals surface area contributed by atoms with Crippen molar-refractivity contribution < 1.29 is 19.1 Å². The van der Waals surface area contributed by atoms with Crippen molar-refractivity contribution in [3.05, 3.63) is 63.6 Å². The average Bonchev–Trinajstić information content (AvgIpc) is 2.69. The highest BCUT2D eigenvalue weighted by atomic mass is 35.5. The van der Waals surface area contributed by atoms with Crippen molar-refractivity contribution in [2.24, 2.45) is 0 Å². The number of hydrogen-bond donors (Lipinski definition) is 2. The van der Waals surface area contributed by atoms with E-state index < -0.39 is 11.9 Å². The summed E-state index contributed by atoms with van der Waals surface area (Å²) in [5.74, 6) is -0.962. The van der Waals surface area contributed by atoms with Crippen LogP contribution in [-0.4, -0.2) is 43.5 Å². The maximum atomic E-state index is 12.4. The van der Waals surface area contributed by atoms with Gasteiger partial charge in [-0.3, -0.25) is 9.59 Å². The highest BCUT2D eigenvalue weighted by Gasteiger charge is 2.13. The summed E-state index contributed by atoms with van der Waals surface area (Å²) in [5.41, 5.74) is 1.59. The average molecular weight is 424 g/mol. The van der Waals surface area contributed by atoms with Gasteiger partial charge in [0.1, 0.15) is 6.54 Å². The predicted molar refractivity (Wildman–Crippen MR) is 108 cm³/mol. The number of ether oxygens (including phenoxy) is 1. The Hall–Kier alpha value is -2.77. The molecule has 0 aliphatic carbocycles. The number of esters is 1. The zero-order chi connectivity index (χ0) is 20.7. The summed E-state index contributed by atoms with van der Waals surface area (Å²) in [6.07, 6.45) is 0. The van der Waals surface area contributed by atoms with Crippen LogP contribution in [0.3, 0.4) is 0 Å². The van der Waals surface area contributed by atoms with Gasteiger partial charge in [0.05, 0.1) is 17.2 Å². The van der Waals surface area contributed by atoms with Crippen molar-refractivity contribution in [1.29, 1.82) is 0 Å². The molecule has 0 aliphatic rings. The summed E-state index contributed by atoms with van der Waals surface area (Å²) in [5, 5.41) is 5.99. The zero-order valence-corrected chi connectivity index (χ0v) is 16.8. The van der Waals surface area contributed by atoms with Crippen molar-refractivity contribution >= 4 is 46.8 Å². The van der Waals surface area contributed by atoms with E-state index in [1.807, 2.05) is 0 Å². The molecule has 9 heteroatoms. The molecule has 148 valence electrons. The largest absolute Gasteiger partial charge is 0.468 e. The minimum atomic E-state index is -0.542. The molecule has 0 fully saturated rings. The molecular weight excluding hydrogens is 405 g/mol. The molecular formula is C19H19Cl2N3O4. The van der Waals surface area contributed by atoms with Gasteiger partial charge in [0, 0.05) is 24.8 Å². The number of benzene rings is 2. The fourth-order valence-corrected chi connectivity index (χ4v) is 2.63. The monoisotopic (exact) mass is 423 g/mol. The Morgan fingerprint density at radius 1 is 1.07 bits per heavy atom. The first-order valence-electron chi connectivity index (χ1n) is 8.22. The second-order valence-electron chi connectivity index (χ2n) is 5.84. The molecule has 3 amide bonds. The topological polar surface area (TPSA) is 87.7 Å².